The zero-order valence-corrected chi connectivity index (χ0v) is 9.49. The molecule has 3 N–H and O–H groups in total. The van der Waals surface area contributed by atoms with Gasteiger partial charge in [-0.25, -0.2) is 0 Å². The van der Waals surface area contributed by atoms with E-state index in [9.17, 15) is 5.11 Å². The number of methoxy groups -OCH3 is 1. The lowest BCUT2D eigenvalue weighted by Gasteiger charge is -2.12. The van der Waals surface area contributed by atoms with Crippen LogP contribution in [0.25, 0.3) is 0 Å². The predicted octanol–water partition coefficient (Wildman–Crippen LogP) is 1.23. The maximum absolute atomic E-state index is 9.69. The number of nitrogens with two attached hydrogens (primary N) is 1. The van der Waals surface area contributed by atoms with Crippen LogP contribution in [-0.4, -0.2) is 23.7 Å². The van der Waals surface area contributed by atoms with Crippen molar-refractivity contribution < 1.29 is 9.84 Å². The van der Waals surface area contributed by atoms with Crippen molar-refractivity contribution in [2.75, 3.05) is 13.7 Å². The van der Waals surface area contributed by atoms with Gasteiger partial charge in [0.15, 0.2) is 0 Å². The monoisotopic (exact) mass is 260 g/mol. The van der Waals surface area contributed by atoms with Gasteiger partial charge in [-0.15, -0.1) is 0 Å². The largest absolute Gasteiger partial charge is 0.495 e. The van der Waals surface area contributed by atoms with E-state index in [2.05, 4.69) is 20.9 Å². The Morgan fingerprint density at radius 3 is 3.00 bits per heavy atom. The smallest absolute Gasteiger partial charge is 0.136 e. The number of aliphatic hydroxyl groups is 1. The van der Waals surface area contributed by atoms with E-state index in [0.29, 0.717) is 28.9 Å². The topological polar surface area (TPSA) is 68.4 Å². The minimum absolute atomic E-state index is 0.423. The second-order valence-corrected chi connectivity index (χ2v) is 3.60. The van der Waals surface area contributed by atoms with E-state index in [1.54, 1.807) is 19.4 Å². The minimum atomic E-state index is -0.649. The number of rotatable bonds is 4. The number of halogens is 1. The predicted molar refractivity (Wildman–Crippen MR) is 57.1 cm³/mol. The molecule has 4 nitrogen and oxygen atoms in total. The fourth-order valence-electron chi connectivity index (χ4n) is 1.13. The van der Waals surface area contributed by atoms with Gasteiger partial charge >= 0.3 is 0 Å². The average molecular weight is 261 g/mol. The van der Waals surface area contributed by atoms with Crippen LogP contribution in [0.2, 0.25) is 0 Å². The number of hydrogen-bond donors (Lipinski definition) is 2. The summed E-state index contributed by atoms with van der Waals surface area (Å²) in [5, 5.41) is 9.69. The van der Waals surface area contributed by atoms with E-state index in [1.807, 2.05) is 0 Å². The van der Waals surface area contributed by atoms with Crippen LogP contribution < -0.4 is 10.5 Å². The van der Waals surface area contributed by atoms with E-state index < -0.39 is 6.10 Å². The number of aliphatic hydroxyl groups excluding tert-OH is 1. The zero-order chi connectivity index (χ0) is 10.6. The molecule has 0 aliphatic rings. The Morgan fingerprint density at radius 1 is 1.71 bits per heavy atom. The highest BCUT2D eigenvalue weighted by Gasteiger charge is 2.14. The molecule has 0 radical (unpaired) electrons. The van der Waals surface area contributed by atoms with Crippen LogP contribution in [0.5, 0.6) is 5.75 Å². The van der Waals surface area contributed by atoms with Gasteiger partial charge < -0.3 is 15.6 Å². The first-order valence-corrected chi connectivity index (χ1v) is 5.06. The highest BCUT2D eigenvalue weighted by atomic mass is 79.9. The summed E-state index contributed by atoms with van der Waals surface area (Å²) in [4.78, 5) is 4.07. The molecule has 0 spiro atoms. The molecule has 78 valence electrons. The maximum Gasteiger partial charge on any atom is 0.136 e. The lowest BCUT2D eigenvalue weighted by molar-refractivity contribution is 0.164. The Labute approximate surface area is 91.2 Å². The molecule has 1 aromatic rings. The van der Waals surface area contributed by atoms with Gasteiger partial charge in [0, 0.05) is 6.20 Å². The molecule has 0 aromatic carbocycles. The van der Waals surface area contributed by atoms with Crippen molar-refractivity contribution in [3.05, 3.63) is 22.4 Å². The molecule has 0 saturated carbocycles. The molecule has 0 aliphatic heterocycles. The van der Waals surface area contributed by atoms with E-state index >= 15 is 0 Å². The second-order valence-electron chi connectivity index (χ2n) is 2.81. The Morgan fingerprint density at radius 2 is 2.43 bits per heavy atom. The first kappa shape index (κ1) is 11.4. The van der Waals surface area contributed by atoms with Crippen LogP contribution in [0, 0.1) is 0 Å². The SMILES string of the molecule is COc1ccnc(C(O)CCN)c1Br. The van der Waals surface area contributed by atoms with Crippen molar-refractivity contribution in [3.8, 4) is 5.75 Å². The van der Waals surface area contributed by atoms with Crippen LogP contribution in [0.3, 0.4) is 0 Å². The summed E-state index contributed by atoms with van der Waals surface area (Å²) < 4.78 is 5.77. The lowest BCUT2D eigenvalue weighted by atomic mass is 10.1. The quantitative estimate of drug-likeness (QED) is 0.855. The Kier molecular flexibility index (Phi) is 4.31. The third-order valence-corrected chi connectivity index (χ3v) is 2.65. The number of pyridine rings is 1. The summed E-state index contributed by atoms with van der Waals surface area (Å²) in [7, 11) is 1.57. The number of ether oxygens (including phenoxy) is 1. The summed E-state index contributed by atoms with van der Waals surface area (Å²) in [6.07, 6.45) is 1.43. The third-order valence-electron chi connectivity index (χ3n) is 1.86. The summed E-state index contributed by atoms with van der Waals surface area (Å²) in [5.41, 5.74) is 5.92. The van der Waals surface area contributed by atoms with Crippen molar-refractivity contribution in [1.29, 1.82) is 0 Å². The molecule has 1 aromatic heterocycles. The van der Waals surface area contributed by atoms with Gasteiger partial charge in [-0.3, -0.25) is 4.98 Å². The van der Waals surface area contributed by atoms with Crippen molar-refractivity contribution in [2.24, 2.45) is 5.73 Å². The fourth-order valence-corrected chi connectivity index (χ4v) is 1.79. The van der Waals surface area contributed by atoms with Crippen molar-refractivity contribution in [1.82, 2.24) is 4.98 Å². The van der Waals surface area contributed by atoms with Gasteiger partial charge in [0.1, 0.15) is 5.75 Å². The highest BCUT2D eigenvalue weighted by Crippen LogP contribution is 2.31. The molecule has 0 amide bonds. The minimum Gasteiger partial charge on any atom is -0.495 e. The third kappa shape index (κ3) is 2.43. The highest BCUT2D eigenvalue weighted by molar-refractivity contribution is 9.10. The molecule has 0 fully saturated rings. The summed E-state index contributed by atoms with van der Waals surface area (Å²) in [6.45, 7) is 0.423. The molecular weight excluding hydrogens is 248 g/mol. The molecule has 14 heavy (non-hydrogen) atoms. The maximum atomic E-state index is 9.69. The van der Waals surface area contributed by atoms with Crippen molar-refractivity contribution >= 4 is 15.9 Å². The molecule has 1 atom stereocenters. The van der Waals surface area contributed by atoms with Crippen LogP contribution >= 0.6 is 15.9 Å². The molecule has 0 saturated heterocycles. The Hall–Kier alpha value is -0.650. The average Bonchev–Trinajstić information content (AvgIpc) is 2.18. The van der Waals surface area contributed by atoms with Crippen LogP contribution in [-0.2, 0) is 0 Å². The zero-order valence-electron chi connectivity index (χ0n) is 7.90. The fraction of sp³-hybridized carbons (Fsp3) is 0.444. The van der Waals surface area contributed by atoms with Crippen LogP contribution in [0.15, 0.2) is 16.7 Å². The van der Waals surface area contributed by atoms with Gasteiger partial charge in [0.05, 0.1) is 23.4 Å². The Balaban J connectivity index is 2.96. The van der Waals surface area contributed by atoms with Crippen LogP contribution in [0.4, 0.5) is 0 Å². The van der Waals surface area contributed by atoms with Crippen molar-refractivity contribution in [3.63, 3.8) is 0 Å². The van der Waals surface area contributed by atoms with E-state index in [1.165, 1.54) is 0 Å². The van der Waals surface area contributed by atoms with E-state index in [4.69, 9.17) is 10.5 Å². The number of nitrogens with zero attached hydrogens (tertiary/aromatic N) is 1. The number of hydrogen-bond acceptors (Lipinski definition) is 4. The molecule has 1 heterocycles. The molecule has 0 bridgehead atoms. The van der Waals surface area contributed by atoms with Crippen LogP contribution in [0.1, 0.15) is 18.2 Å². The van der Waals surface area contributed by atoms with E-state index in [-0.39, 0.29) is 0 Å². The van der Waals surface area contributed by atoms with Gasteiger partial charge in [-0.2, -0.15) is 0 Å². The first-order valence-electron chi connectivity index (χ1n) is 4.27. The first-order chi connectivity index (χ1) is 6.70. The van der Waals surface area contributed by atoms with Gasteiger partial charge in [-0.1, -0.05) is 0 Å². The standard InChI is InChI=1S/C9H13BrN2O2/c1-14-7-3-5-12-9(8(7)10)6(13)2-4-11/h3,5-6,13H,2,4,11H2,1H3. The van der Waals surface area contributed by atoms with Gasteiger partial charge in [0.25, 0.3) is 0 Å². The summed E-state index contributed by atoms with van der Waals surface area (Å²) >= 11 is 3.32. The normalized spacial score (nSPS) is 12.6. The summed E-state index contributed by atoms with van der Waals surface area (Å²) in [5.74, 6) is 0.658. The molecular formula is C9H13BrN2O2. The number of aromatic nitrogens is 1. The van der Waals surface area contributed by atoms with Gasteiger partial charge in [-0.05, 0) is 35.0 Å². The molecule has 1 rings (SSSR count). The van der Waals surface area contributed by atoms with E-state index in [0.717, 1.165) is 0 Å². The van der Waals surface area contributed by atoms with Crippen molar-refractivity contribution in [2.45, 2.75) is 12.5 Å². The molecule has 1 unspecified atom stereocenters. The Bertz CT molecular complexity index is 307. The second kappa shape index (κ2) is 5.29. The lowest BCUT2D eigenvalue weighted by Crippen LogP contribution is -2.09. The van der Waals surface area contributed by atoms with Gasteiger partial charge in [0.2, 0.25) is 0 Å². The molecule has 5 heteroatoms. The molecule has 0 aliphatic carbocycles. The summed E-state index contributed by atoms with van der Waals surface area (Å²) in [6, 6.07) is 1.72.